The molecule has 0 unspecified atom stereocenters. The van der Waals surface area contributed by atoms with Gasteiger partial charge in [-0.15, -0.1) is 0 Å². The number of carbonyl (C=O) groups excluding carboxylic acids is 2. The third-order valence-corrected chi connectivity index (χ3v) is 5.17. The maximum Gasteiger partial charge on any atom is 0.258 e. The van der Waals surface area contributed by atoms with E-state index in [0.29, 0.717) is 16.9 Å². The molecule has 0 atom stereocenters. The molecule has 4 rings (SSSR count). The molecule has 0 aromatic heterocycles. The van der Waals surface area contributed by atoms with Crippen LogP contribution in [0, 0.1) is 13.8 Å². The smallest absolute Gasteiger partial charge is 0.258 e. The van der Waals surface area contributed by atoms with Gasteiger partial charge in [0, 0.05) is 23.9 Å². The van der Waals surface area contributed by atoms with Gasteiger partial charge in [-0.25, -0.2) is 0 Å². The molecule has 150 valence electrons. The van der Waals surface area contributed by atoms with Crippen molar-refractivity contribution in [2.24, 2.45) is 0 Å². The maximum atomic E-state index is 13.0. The zero-order valence-electron chi connectivity index (χ0n) is 17.2. The van der Waals surface area contributed by atoms with E-state index in [1.165, 1.54) is 18.1 Å². The fourth-order valence-corrected chi connectivity index (χ4v) is 3.55. The lowest BCUT2D eigenvalue weighted by Gasteiger charge is -2.16. The zero-order chi connectivity index (χ0) is 21.3. The predicted molar refractivity (Wildman–Crippen MR) is 122 cm³/mol. The van der Waals surface area contributed by atoms with Gasteiger partial charge in [-0.05, 0) is 60.9 Å². The van der Waals surface area contributed by atoms with Gasteiger partial charge in [0.15, 0.2) is 0 Å². The molecule has 0 saturated carbocycles. The molecule has 0 spiro atoms. The second-order valence-corrected chi connectivity index (χ2v) is 7.44. The van der Waals surface area contributed by atoms with E-state index < -0.39 is 0 Å². The first-order valence-corrected chi connectivity index (χ1v) is 9.79. The maximum absolute atomic E-state index is 13.0. The number of hydrogen-bond acceptors (Lipinski definition) is 3. The van der Waals surface area contributed by atoms with Crippen LogP contribution >= 0.6 is 0 Å². The van der Waals surface area contributed by atoms with E-state index in [0.717, 1.165) is 22.5 Å². The van der Waals surface area contributed by atoms with Crippen LogP contribution in [0.2, 0.25) is 0 Å². The molecule has 1 aliphatic rings. The monoisotopic (exact) mass is 397 g/mol. The summed E-state index contributed by atoms with van der Waals surface area (Å²) in [5.41, 5.74) is 7.65. The second kappa shape index (κ2) is 7.87. The summed E-state index contributed by atoms with van der Waals surface area (Å²) in [6, 6.07) is 21.4. The van der Waals surface area contributed by atoms with E-state index in [-0.39, 0.29) is 11.8 Å². The number of rotatable bonds is 4. The zero-order valence-corrected chi connectivity index (χ0v) is 17.2. The fourth-order valence-electron chi connectivity index (χ4n) is 3.55. The van der Waals surface area contributed by atoms with Gasteiger partial charge in [-0.1, -0.05) is 36.4 Å². The molecule has 30 heavy (non-hydrogen) atoms. The van der Waals surface area contributed by atoms with Crippen LogP contribution in [0.25, 0.3) is 11.3 Å². The molecule has 1 heterocycles. The van der Waals surface area contributed by atoms with E-state index >= 15 is 0 Å². The Morgan fingerprint density at radius 1 is 0.833 bits per heavy atom. The Bertz CT molecular complexity index is 1180. The predicted octanol–water partition coefficient (Wildman–Crippen LogP) is 5.19. The van der Waals surface area contributed by atoms with Crippen molar-refractivity contribution in [3.8, 4) is 0 Å². The van der Waals surface area contributed by atoms with Crippen molar-refractivity contribution in [1.29, 1.82) is 0 Å². The Hall–Kier alpha value is -3.86. The van der Waals surface area contributed by atoms with E-state index in [4.69, 9.17) is 0 Å². The SMILES string of the molecule is CC(=O)Nc1ccc2c(c1)NC(=O)/C2=C(\Nc1ccc(C)c(C)c1)c1ccccc1. The van der Waals surface area contributed by atoms with Gasteiger partial charge in [0.1, 0.15) is 0 Å². The minimum atomic E-state index is -0.180. The van der Waals surface area contributed by atoms with Crippen molar-refractivity contribution in [2.75, 3.05) is 16.0 Å². The van der Waals surface area contributed by atoms with Crippen LogP contribution in [0.3, 0.4) is 0 Å². The summed E-state index contributed by atoms with van der Waals surface area (Å²) in [6.07, 6.45) is 0. The van der Waals surface area contributed by atoms with Gasteiger partial charge in [-0.2, -0.15) is 0 Å². The summed E-state index contributed by atoms with van der Waals surface area (Å²) in [5.74, 6) is -0.336. The molecule has 0 saturated heterocycles. The molecule has 1 aliphatic heterocycles. The standard InChI is InChI=1S/C25H23N3O2/c1-15-9-10-19(13-16(15)2)27-24(18-7-5-4-6-8-18)23-21-12-11-20(26-17(3)29)14-22(21)28-25(23)30/h4-14,27H,1-3H3,(H,26,29)(H,28,30)/b24-23-. The number of anilines is 3. The Morgan fingerprint density at radius 2 is 1.53 bits per heavy atom. The van der Waals surface area contributed by atoms with Crippen LogP contribution in [0.1, 0.15) is 29.2 Å². The normalized spacial score (nSPS) is 14.0. The van der Waals surface area contributed by atoms with Gasteiger partial charge in [-0.3, -0.25) is 9.59 Å². The molecule has 3 aromatic rings. The van der Waals surface area contributed by atoms with Gasteiger partial charge in [0.2, 0.25) is 5.91 Å². The van der Waals surface area contributed by atoms with Crippen LogP contribution in [0.15, 0.2) is 66.7 Å². The van der Waals surface area contributed by atoms with E-state index in [1.54, 1.807) is 12.1 Å². The van der Waals surface area contributed by atoms with Crippen molar-refractivity contribution < 1.29 is 9.59 Å². The molecular formula is C25H23N3O2. The summed E-state index contributed by atoms with van der Waals surface area (Å²) in [6.45, 7) is 5.60. The number of carbonyl (C=O) groups is 2. The van der Waals surface area contributed by atoms with Gasteiger partial charge >= 0.3 is 0 Å². The van der Waals surface area contributed by atoms with Gasteiger partial charge in [0.05, 0.1) is 17.0 Å². The molecule has 5 nitrogen and oxygen atoms in total. The third-order valence-electron chi connectivity index (χ3n) is 5.17. The van der Waals surface area contributed by atoms with E-state index in [2.05, 4.69) is 41.9 Å². The average Bonchev–Trinajstić information content (AvgIpc) is 3.04. The van der Waals surface area contributed by atoms with E-state index in [1.807, 2.05) is 42.5 Å². The van der Waals surface area contributed by atoms with Crippen molar-refractivity contribution in [3.05, 3.63) is 89.0 Å². The Morgan fingerprint density at radius 3 is 2.23 bits per heavy atom. The number of amides is 2. The summed E-state index contributed by atoms with van der Waals surface area (Å²) < 4.78 is 0. The summed E-state index contributed by atoms with van der Waals surface area (Å²) in [7, 11) is 0. The fraction of sp³-hybridized carbons (Fsp3) is 0.120. The largest absolute Gasteiger partial charge is 0.354 e. The lowest BCUT2D eigenvalue weighted by Crippen LogP contribution is -2.10. The van der Waals surface area contributed by atoms with Crippen molar-refractivity contribution in [3.63, 3.8) is 0 Å². The van der Waals surface area contributed by atoms with Crippen LogP contribution in [-0.4, -0.2) is 11.8 Å². The van der Waals surface area contributed by atoms with Crippen LogP contribution < -0.4 is 16.0 Å². The molecule has 0 aliphatic carbocycles. The highest BCUT2D eigenvalue weighted by Gasteiger charge is 2.28. The molecule has 2 amide bonds. The van der Waals surface area contributed by atoms with Crippen LogP contribution in [-0.2, 0) is 9.59 Å². The molecule has 3 N–H and O–H groups in total. The lowest BCUT2D eigenvalue weighted by atomic mass is 9.99. The first-order valence-electron chi connectivity index (χ1n) is 9.79. The van der Waals surface area contributed by atoms with Crippen LogP contribution in [0.5, 0.6) is 0 Å². The summed E-state index contributed by atoms with van der Waals surface area (Å²) in [5, 5.41) is 9.16. The molecular weight excluding hydrogens is 374 g/mol. The summed E-state index contributed by atoms with van der Waals surface area (Å²) >= 11 is 0. The summed E-state index contributed by atoms with van der Waals surface area (Å²) in [4.78, 5) is 24.4. The Kier molecular flexibility index (Phi) is 5.11. The quantitative estimate of drug-likeness (QED) is 0.530. The van der Waals surface area contributed by atoms with Crippen LogP contribution in [0.4, 0.5) is 17.1 Å². The van der Waals surface area contributed by atoms with Crippen molar-refractivity contribution in [2.45, 2.75) is 20.8 Å². The number of hydrogen-bond donors (Lipinski definition) is 3. The van der Waals surface area contributed by atoms with Crippen molar-refractivity contribution >= 4 is 40.1 Å². The first kappa shape index (κ1) is 19.5. The van der Waals surface area contributed by atoms with Gasteiger partial charge < -0.3 is 16.0 Å². The molecule has 5 heteroatoms. The molecule has 3 aromatic carbocycles. The average molecular weight is 397 g/mol. The van der Waals surface area contributed by atoms with E-state index in [9.17, 15) is 9.59 Å². The highest BCUT2D eigenvalue weighted by atomic mass is 16.2. The van der Waals surface area contributed by atoms with Gasteiger partial charge in [0.25, 0.3) is 5.91 Å². The Labute approximate surface area is 175 Å². The van der Waals surface area contributed by atoms with Crippen molar-refractivity contribution in [1.82, 2.24) is 0 Å². The molecule has 0 bridgehead atoms. The topological polar surface area (TPSA) is 70.2 Å². The molecule has 0 radical (unpaired) electrons. The highest BCUT2D eigenvalue weighted by Crippen LogP contribution is 2.39. The number of aryl methyl sites for hydroxylation is 2. The number of fused-ring (bicyclic) bond motifs is 1. The Balaban J connectivity index is 1.85. The third kappa shape index (κ3) is 3.82. The highest BCUT2D eigenvalue weighted by molar-refractivity contribution is 6.37. The lowest BCUT2D eigenvalue weighted by molar-refractivity contribution is -0.114. The number of benzene rings is 3. The first-order chi connectivity index (χ1) is 14.4. The molecule has 0 fully saturated rings. The minimum Gasteiger partial charge on any atom is -0.354 e. The number of nitrogens with one attached hydrogen (secondary N) is 3. The minimum absolute atomic E-state index is 0.156. The second-order valence-electron chi connectivity index (χ2n) is 7.44.